The quantitative estimate of drug-likeness (QED) is 0.684. The van der Waals surface area contributed by atoms with Crippen LogP contribution in [0.4, 0.5) is 11.4 Å². The first-order chi connectivity index (χ1) is 12.6. The lowest BCUT2D eigenvalue weighted by Gasteiger charge is -2.12. The summed E-state index contributed by atoms with van der Waals surface area (Å²) in [6, 6.07) is 19.0. The van der Waals surface area contributed by atoms with Gasteiger partial charge in [-0.25, -0.2) is 4.79 Å². The molecule has 0 radical (unpaired) electrons. The van der Waals surface area contributed by atoms with Crippen LogP contribution in [0.5, 0.6) is 0 Å². The molecule has 0 aliphatic heterocycles. The van der Waals surface area contributed by atoms with E-state index in [1.165, 1.54) is 7.11 Å². The van der Waals surface area contributed by atoms with Gasteiger partial charge in [-0.3, -0.25) is 4.79 Å². The minimum absolute atomic E-state index is 0.0955. The third-order valence-electron chi connectivity index (χ3n) is 4.13. The van der Waals surface area contributed by atoms with Crippen LogP contribution in [0.2, 0.25) is 0 Å². The van der Waals surface area contributed by atoms with Crippen molar-refractivity contribution in [1.29, 1.82) is 0 Å². The highest BCUT2D eigenvalue weighted by Crippen LogP contribution is 2.19. The average Bonchev–Trinajstić information content (AvgIpc) is 2.66. The van der Waals surface area contributed by atoms with E-state index in [9.17, 15) is 9.59 Å². The molecule has 5 nitrogen and oxygen atoms in total. The lowest BCUT2D eigenvalue weighted by Crippen LogP contribution is -2.22. The lowest BCUT2D eigenvalue weighted by molar-refractivity contribution is -0.114. The van der Waals surface area contributed by atoms with Crippen LogP contribution in [0.15, 0.2) is 60.7 Å². The molecule has 0 saturated heterocycles. The van der Waals surface area contributed by atoms with Crippen LogP contribution in [0.1, 0.15) is 15.9 Å². The summed E-state index contributed by atoms with van der Waals surface area (Å²) in [5.74, 6) is -0.572. The Kier molecular flexibility index (Phi) is 5.17. The number of hydrogen-bond donors (Lipinski definition) is 2. The summed E-state index contributed by atoms with van der Waals surface area (Å²) in [5.41, 5.74) is 2.85. The number of esters is 1. The smallest absolute Gasteiger partial charge is 0.337 e. The number of hydrogen-bond acceptors (Lipinski definition) is 4. The SMILES string of the molecule is COC(=O)c1ccc(C)c(NCC(=O)Nc2ccc3ccccc3c2)c1. The molecule has 132 valence electrons. The molecule has 0 atom stereocenters. The van der Waals surface area contributed by atoms with Crippen molar-refractivity contribution in [3.63, 3.8) is 0 Å². The first-order valence-corrected chi connectivity index (χ1v) is 8.28. The molecule has 2 N–H and O–H groups in total. The zero-order chi connectivity index (χ0) is 18.5. The van der Waals surface area contributed by atoms with Crippen LogP contribution in [0.3, 0.4) is 0 Å². The van der Waals surface area contributed by atoms with Gasteiger partial charge in [0.05, 0.1) is 19.2 Å². The Hall–Kier alpha value is -3.34. The number of methoxy groups -OCH3 is 1. The highest BCUT2D eigenvalue weighted by Gasteiger charge is 2.09. The first kappa shape index (κ1) is 17.5. The van der Waals surface area contributed by atoms with Gasteiger partial charge in [-0.05, 0) is 47.5 Å². The number of fused-ring (bicyclic) bond motifs is 1. The van der Waals surface area contributed by atoms with Gasteiger partial charge >= 0.3 is 5.97 Å². The second-order valence-corrected chi connectivity index (χ2v) is 5.98. The molecule has 1 amide bonds. The van der Waals surface area contributed by atoms with Gasteiger partial charge in [0, 0.05) is 11.4 Å². The molecule has 0 aliphatic rings. The topological polar surface area (TPSA) is 67.4 Å². The van der Waals surface area contributed by atoms with Crippen molar-refractivity contribution in [3.8, 4) is 0 Å². The summed E-state index contributed by atoms with van der Waals surface area (Å²) >= 11 is 0. The van der Waals surface area contributed by atoms with E-state index in [4.69, 9.17) is 4.74 Å². The third kappa shape index (κ3) is 4.00. The monoisotopic (exact) mass is 348 g/mol. The molecule has 0 fully saturated rings. The Bertz CT molecular complexity index is 966. The van der Waals surface area contributed by atoms with Gasteiger partial charge in [0.2, 0.25) is 5.91 Å². The molecule has 0 aliphatic carbocycles. The highest BCUT2D eigenvalue weighted by atomic mass is 16.5. The number of nitrogens with one attached hydrogen (secondary N) is 2. The van der Waals surface area contributed by atoms with E-state index in [1.54, 1.807) is 12.1 Å². The molecule has 0 spiro atoms. The summed E-state index contributed by atoms with van der Waals surface area (Å²) in [7, 11) is 1.34. The van der Waals surface area contributed by atoms with Gasteiger partial charge in [0.1, 0.15) is 0 Å². The Morgan fingerprint density at radius 3 is 2.50 bits per heavy atom. The molecule has 3 aromatic carbocycles. The fraction of sp³-hybridized carbons (Fsp3) is 0.143. The van der Waals surface area contributed by atoms with E-state index in [0.29, 0.717) is 5.56 Å². The summed E-state index contributed by atoms with van der Waals surface area (Å²) < 4.78 is 4.72. The van der Waals surface area contributed by atoms with E-state index in [-0.39, 0.29) is 12.5 Å². The molecule has 26 heavy (non-hydrogen) atoms. The Morgan fingerprint density at radius 2 is 1.73 bits per heavy atom. The fourth-order valence-corrected chi connectivity index (χ4v) is 2.71. The van der Waals surface area contributed by atoms with Crippen LogP contribution < -0.4 is 10.6 Å². The average molecular weight is 348 g/mol. The fourth-order valence-electron chi connectivity index (χ4n) is 2.71. The second-order valence-electron chi connectivity index (χ2n) is 5.98. The number of rotatable bonds is 5. The van der Waals surface area contributed by atoms with Crippen LogP contribution in [0.25, 0.3) is 10.8 Å². The summed E-state index contributed by atoms with van der Waals surface area (Å²) in [4.78, 5) is 23.9. The highest BCUT2D eigenvalue weighted by molar-refractivity contribution is 5.97. The van der Waals surface area contributed by atoms with Gasteiger partial charge in [-0.1, -0.05) is 36.4 Å². The predicted octanol–water partition coefficient (Wildman–Crippen LogP) is 3.99. The van der Waals surface area contributed by atoms with E-state index < -0.39 is 5.97 Å². The van der Waals surface area contributed by atoms with Crippen LogP contribution in [0, 0.1) is 6.92 Å². The van der Waals surface area contributed by atoms with Crippen molar-refractivity contribution in [2.45, 2.75) is 6.92 Å². The van der Waals surface area contributed by atoms with E-state index >= 15 is 0 Å². The number of aryl methyl sites for hydroxylation is 1. The Balaban J connectivity index is 1.65. The van der Waals surface area contributed by atoms with E-state index in [1.807, 2.05) is 55.5 Å². The molecule has 0 heterocycles. The van der Waals surface area contributed by atoms with E-state index in [2.05, 4.69) is 10.6 Å². The van der Waals surface area contributed by atoms with Crippen LogP contribution in [-0.4, -0.2) is 25.5 Å². The largest absolute Gasteiger partial charge is 0.465 e. The number of ether oxygens (including phenoxy) is 1. The van der Waals surface area contributed by atoms with Gasteiger partial charge in [-0.2, -0.15) is 0 Å². The number of carbonyl (C=O) groups excluding carboxylic acids is 2. The maximum Gasteiger partial charge on any atom is 0.337 e. The van der Waals surface area contributed by atoms with Crippen molar-refractivity contribution in [3.05, 3.63) is 71.8 Å². The van der Waals surface area contributed by atoms with Crippen molar-refractivity contribution in [1.82, 2.24) is 0 Å². The standard InChI is InChI=1S/C21H20N2O3/c1-14-7-8-17(21(25)26-2)12-19(14)22-13-20(24)23-18-10-9-15-5-3-4-6-16(15)11-18/h3-12,22H,13H2,1-2H3,(H,23,24). The number of anilines is 2. The molecular weight excluding hydrogens is 328 g/mol. The van der Waals surface area contributed by atoms with Crippen LogP contribution in [-0.2, 0) is 9.53 Å². The molecular formula is C21H20N2O3. The van der Waals surface area contributed by atoms with Crippen molar-refractivity contribution in [2.24, 2.45) is 0 Å². The Labute approximate surface area is 152 Å². The normalized spacial score (nSPS) is 10.4. The number of carbonyl (C=O) groups is 2. The van der Waals surface area contributed by atoms with Crippen molar-refractivity contribution >= 4 is 34.0 Å². The first-order valence-electron chi connectivity index (χ1n) is 8.28. The molecule has 3 rings (SSSR count). The minimum Gasteiger partial charge on any atom is -0.465 e. The second kappa shape index (κ2) is 7.70. The molecule has 5 heteroatoms. The maximum atomic E-state index is 12.2. The summed E-state index contributed by atoms with van der Waals surface area (Å²) in [6.45, 7) is 2.00. The molecule has 0 saturated carbocycles. The van der Waals surface area contributed by atoms with E-state index in [0.717, 1.165) is 27.7 Å². The zero-order valence-electron chi connectivity index (χ0n) is 14.7. The van der Waals surface area contributed by atoms with Crippen LogP contribution >= 0.6 is 0 Å². The van der Waals surface area contributed by atoms with Gasteiger partial charge in [-0.15, -0.1) is 0 Å². The number of benzene rings is 3. The Morgan fingerprint density at radius 1 is 0.962 bits per heavy atom. The number of amides is 1. The predicted molar refractivity (Wildman–Crippen MR) is 104 cm³/mol. The molecule has 0 aromatic heterocycles. The molecule has 3 aromatic rings. The van der Waals surface area contributed by atoms with Crippen molar-refractivity contribution in [2.75, 3.05) is 24.3 Å². The zero-order valence-corrected chi connectivity index (χ0v) is 14.7. The minimum atomic E-state index is -0.409. The van der Waals surface area contributed by atoms with Gasteiger partial charge in [0.25, 0.3) is 0 Å². The van der Waals surface area contributed by atoms with Gasteiger partial charge < -0.3 is 15.4 Å². The molecule has 0 unspecified atom stereocenters. The lowest BCUT2D eigenvalue weighted by atomic mass is 10.1. The molecule has 0 bridgehead atoms. The summed E-state index contributed by atoms with van der Waals surface area (Å²) in [6.07, 6.45) is 0. The van der Waals surface area contributed by atoms with Gasteiger partial charge in [0.15, 0.2) is 0 Å². The maximum absolute atomic E-state index is 12.2. The summed E-state index contributed by atoms with van der Waals surface area (Å²) in [5, 5.41) is 8.14. The van der Waals surface area contributed by atoms with Crippen molar-refractivity contribution < 1.29 is 14.3 Å². The third-order valence-corrected chi connectivity index (χ3v) is 4.13.